The molecule has 0 unspecified atom stereocenters. The van der Waals surface area contributed by atoms with Crippen LogP contribution in [0, 0.1) is 10.1 Å². The van der Waals surface area contributed by atoms with Gasteiger partial charge in [0.1, 0.15) is 5.69 Å². The smallest absolute Gasteiger partial charge is 0.292 e. The van der Waals surface area contributed by atoms with E-state index in [4.69, 9.17) is 4.74 Å². The molecule has 21 heavy (non-hydrogen) atoms. The highest BCUT2D eigenvalue weighted by Gasteiger charge is 2.24. The molecule has 7 nitrogen and oxygen atoms in total. The van der Waals surface area contributed by atoms with Gasteiger partial charge in [-0.05, 0) is 19.9 Å². The Kier molecular flexibility index (Phi) is 4.87. The van der Waals surface area contributed by atoms with Gasteiger partial charge in [0, 0.05) is 19.2 Å². The summed E-state index contributed by atoms with van der Waals surface area (Å²) >= 11 is 0. The molecule has 2 rings (SSSR count). The third-order valence-corrected chi connectivity index (χ3v) is 3.24. The molecule has 1 aromatic rings. The second-order valence-electron chi connectivity index (χ2n) is 5.27. The monoisotopic (exact) mass is 293 g/mol. The lowest BCUT2D eigenvalue weighted by Gasteiger charge is -2.34. The van der Waals surface area contributed by atoms with Crippen LogP contribution in [0.4, 0.5) is 11.4 Å². The summed E-state index contributed by atoms with van der Waals surface area (Å²) in [6, 6.07) is 6.12. The lowest BCUT2D eigenvalue weighted by Crippen LogP contribution is -2.48. The van der Waals surface area contributed by atoms with Crippen molar-refractivity contribution in [1.82, 2.24) is 4.90 Å². The average molecular weight is 293 g/mol. The number of nitro groups is 1. The van der Waals surface area contributed by atoms with Crippen LogP contribution < -0.4 is 5.32 Å². The first-order valence-electron chi connectivity index (χ1n) is 6.87. The van der Waals surface area contributed by atoms with Crippen LogP contribution in [0.25, 0.3) is 0 Å². The van der Waals surface area contributed by atoms with Crippen molar-refractivity contribution >= 4 is 17.3 Å². The predicted octanol–water partition coefficient (Wildman–Crippen LogP) is 1.64. The Morgan fingerprint density at radius 2 is 2.00 bits per heavy atom. The maximum Gasteiger partial charge on any atom is 0.292 e. The summed E-state index contributed by atoms with van der Waals surface area (Å²) < 4.78 is 5.60. The van der Waals surface area contributed by atoms with E-state index in [1.807, 2.05) is 18.7 Å². The van der Waals surface area contributed by atoms with E-state index in [1.54, 1.807) is 12.1 Å². The molecule has 1 amide bonds. The molecule has 0 aliphatic carbocycles. The van der Waals surface area contributed by atoms with Gasteiger partial charge in [0.2, 0.25) is 5.91 Å². The molecule has 1 aromatic carbocycles. The third-order valence-electron chi connectivity index (χ3n) is 3.24. The first-order chi connectivity index (χ1) is 9.95. The Morgan fingerprint density at radius 3 is 2.62 bits per heavy atom. The standard InChI is InChI=1S/C14H19N3O4/c1-10-7-16(8-11(2)21-10)9-14(18)15-12-5-3-4-6-13(12)17(19)20/h3-6,10-11H,7-9H2,1-2H3,(H,15,18)/t10-,11-/m0/s1. The number of carbonyl (C=O) groups is 1. The second-order valence-corrected chi connectivity index (χ2v) is 5.27. The molecule has 0 saturated carbocycles. The average Bonchev–Trinajstić information content (AvgIpc) is 2.37. The zero-order chi connectivity index (χ0) is 15.4. The number of hydrogen-bond acceptors (Lipinski definition) is 5. The van der Waals surface area contributed by atoms with Gasteiger partial charge in [-0.3, -0.25) is 19.8 Å². The van der Waals surface area contributed by atoms with Crippen molar-refractivity contribution in [1.29, 1.82) is 0 Å². The highest BCUT2D eigenvalue weighted by Crippen LogP contribution is 2.23. The van der Waals surface area contributed by atoms with Gasteiger partial charge in [-0.1, -0.05) is 12.1 Å². The number of carbonyl (C=O) groups excluding carboxylic acids is 1. The number of para-hydroxylation sites is 2. The number of morpholine rings is 1. The molecule has 1 N–H and O–H groups in total. The van der Waals surface area contributed by atoms with E-state index in [2.05, 4.69) is 5.32 Å². The van der Waals surface area contributed by atoms with Crippen molar-refractivity contribution in [3.8, 4) is 0 Å². The Labute approximate surface area is 123 Å². The van der Waals surface area contributed by atoms with Gasteiger partial charge in [0.25, 0.3) is 5.69 Å². The minimum Gasteiger partial charge on any atom is -0.373 e. The second kappa shape index (κ2) is 6.64. The van der Waals surface area contributed by atoms with E-state index in [0.717, 1.165) is 0 Å². The van der Waals surface area contributed by atoms with Crippen molar-refractivity contribution in [2.45, 2.75) is 26.1 Å². The minimum absolute atomic E-state index is 0.0765. The molecule has 1 aliphatic heterocycles. The van der Waals surface area contributed by atoms with E-state index in [-0.39, 0.29) is 36.0 Å². The summed E-state index contributed by atoms with van der Waals surface area (Å²) in [4.78, 5) is 24.4. The Balaban J connectivity index is 1.97. The van der Waals surface area contributed by atoms with Gasteiger partial charge in [-0.2, -0.15) is 0 Å². The van der Waals surface area contributed by atoms with Crippen LogP contribution in [-0.4, -0.2) is 47.6 Å². The summed E-state index contributed by atoms with van der Waals surface area (Å²) in [7, 11) is 0. The van der Waals surface area contributed by atoms with E-state index >= 15 is 0 Å². The fourth-order valence-electron chi connectivity index (χ4n) is 2.54. The number of hydrogen-bond donors (Lipinski definition) is 1. The van der Waals surface area contributed by atoms with Crippen molar-refractivity contribution in [3.63, 3.8) is 0 Å². The van der Waals surface area contributed by atoms with Crippen LogP contribution in [0.5, 0.6) is 0 Å². The van der Waals surface area contributed by atoms with E-state index in [1.165, 1.54) is 12.1 Å². The Hall–Kier alpha value is -1.99. The zero-order valence-corrected chi connectivity index (χ0v) is 12.1. The van der Waals surface area contributed by atoms with Crippen molar-refractivity contribution < 1.29 is 14.5 Å². The predicted molar refractivity (Wildman–Crippen MR) is 78.2 cm³/mol. The third kappa shape index (κ3) is 4.24. The largest absolute Gasteiger partial charge is 0.373 e. The molecule has 1 saturated heterocycles. The van der Waals surface area contributed by atoms with Crippen LogP contribution in [0.2, 0.25) is 0 Å². The number of nitrogens with zero attached hydrogens (tertiary/aromatic N) is 2. The summed E-state index contributed by atoms with van der Waals surface area (Å²) in [5.41, 5.74) is 0.122. The molecule has 0 radical (unpaired) electrons. The van der Waals surface area contributed by atoms with Gasteiger partial charge in [0.05, 0.1) is 23.7 Å². The van der Waals surface area contributed by atoms with Crippen LogP contribution in [-0.2, 0) is 9.53 Å². The quantitative estimate of drug-likeness (QED) is 0.674. The number of nitro benzene ring substituents is 1. The van der Waals surface area contributed by atoms with Gasteiger partial charge in [0.15, 0.2) is 0 Å². The number of ether oxygens (including phenoxy) is 1. The summed E-state index contributed by atoms with van der Waals surface area (Å²) in [5, 5.41) is 13.5. The van der Waals surface area contributed by atoms with E-state index < -0.39 is 4.92 Å². The van der Waals surface area contributed by atoms with Gasteiger partial charge in [-0.15, -0.1) is 0 Å². The van der Waals surface area contributed by atoms with Crippen LogP contribution in [0.3, 0.4) is 0 Å². The van der Waals surface area contributed by atoms with Gasteiger partial charge >= 0.3 is 0 Å². The molecule has 0 aromatic heterocycles. The molecule has 1 aliphatic rings. The highest BCUT2D eigenvalue weighted by atomic mass is 16.6. The minimum atomic E-state index is -0.505. The number of benzene rings is 1. The summed E-state index contributed by atoms with van der Waals surface area (Å²) in [6.45, 7) is 5.47. The first kappa shape index (κ1) is 15.4. The number of anilines is 1. The van der Waals surface area contributed by atoms with Gasteiger partial charge in [-0.25, -0.2) is 0 Å². The summed E-state index contributed by atoms with van der Waals surface area (Å²) in [5.74, 6) is -0.259. The topological polar surface area (TPSA) is 84.7 Å². The Morgan fingerprint density at radius 1 is 1.38 bits per heavy atom. The van der Waals surface area contributed by atoms with Crippen LogP contribution in [0.15, 0.2) is 24.3 Å². The van der Waals surface area contributed by atoms with Crippen molar-refractivity contribution in [3.05, 3.63) is 34.4 Å². The lowest BCUT2D eigenvalue weighted by atomic mass is 10.2. The molecule has 114 valence electrons. The fraction of sp³-hybridized carbons (Fsp3) is 0.500. The molecule has 2 atom stereocenters. The molecule has 1 fully saturated rings. The normalized spacial score (nSPS) is 22.8. The molecular formula is C14H19N3O4. The van der Waals surface area contributed by atoms with E-state index in [9.17, 15) is 14.9 Å². The number of nitrogens with one attached hydrogen (secondary N) is 1. The molecule has 7 heteroatoms. The van der Waals surface area contributed by atoms with Crippen LogP contribution >= 0.6 is 0 Å². The molecular weight excluding hydrogens is 274 g/mol. The number of rotatable bonds is 4. The lowest BCUT2D eigenvalue weighted by molar-refractivity contribution is -0.383. The molecule has 0 spiro atoms. The maximum absolute atomic E-state index is 12.1. The fourth-order valence-corrected chi connectivity index (χ4v) is 2.54. The first-order valence-corrected chi connectivity index (χ1v) is 6.87. The van der Waals surface area contributed by atoms with E-state index in [0.29, 0.717) is 13.1 Å². The maximum atomic E-state index is 12.1. The van der Waals surface area contributed by atoms with Gasteiger partial charge < -0.3 is 10.1 Å². The molecule has 0 bridgehead atoms. The number of amides is 1. The van der Waals surface area contributed by atoms with Crippen molar-refractivity contribution in [2.24, 2.45) is 0 Å². The summed E-state index contributed by atoms with van der Waals surface area (Å²) in [6.07, 6.45) is 0.153. The Bertz CT molecular complexity index is 525. The SMILES string of the molecule is C[C@H]1CN(CC(=O)Nc2ccccc2[N+](=O)[O-])C[C@H](C)O1. The van der Waals surface area contributed by atoms with Crippen LogP contribution in [0.1, 0.15) is 13.8 Å². The molecule has 1 heterocycles. The highest BCUT2D eigenvalue weighted by molar-refractivity contribution is 5.94. The van der Waals surface area contributed by atoms with Crippen molar-refractivity contribution in [2.75, 3.05) is 25.0 Å². The zero-order valence-electron chi connectivity index (χ0n) is 12.1.